The molecule has 90 valence electrons. The standard InChI is InChI=1S/C10H17BrN4O/c1-3-7(16)5-13-9-8(11)6-14-10(15-9)12-4-2/h6-7,16H,3-5H2,1-2H3,(H2,12,13,14,15). The molecular weight excluding hydrogens is 272 g/mol. The first-order chi connectivity index (χ1) is 7.67. The fourth-order valence-electron chi connectivity index (χ4n) is 1.09. The minimum absolute atomic E-state index is 0.357. The van der Waals surface area contributed by atoms with Gasteiger partial charge in [0.15, 0.2) is 0 Å². The lowest BCUT2D eigenvalue weighted by atomic mass is 10.3. The molecule has 0 aliphatic rings. The predicted octanol–water partition coefficient (Wildman–Crippen LogP) is 1.85. The maximum atomic E-state index is 9.45. The van der Waals surface area contributed by atoms with E-state index in [1.807, 2.05) is 13.8 Å². The molecule has 0 amide bonds. The maximum Gasteiger partial charge on any atom is 0.224 e. The van der Waals surface area contributed by atoms with Gasteiger partial charge >= 0.3 is 0 Å². The number of nitrogens with one attached hydrogen (secondary N) is 2. The highest BCUT2D eigenvalue weighted by Crippen LogP contribution is 2.19. The van der Waals surface area contributed by atoms with E-state index in [-0.39, 0.29) is 6.10 Å². The fraction of sp³-hybridized carbons (Fsp3) is 0.600. The van der Waals surface area contributed by atoms with E-state index in [1.165, 1.54) is 0 Å². The van der Waals surface area contributed by atoms with Gasteiger partial charge in [-0.2, -0.15) is 4.98 Å². The second kappa shape index (κ2) is 6.65. The Morgan fingerprint density at radius 1 is 1.44 bits per heavy atom. The van der Waals surface area contributed by atoms with Crippen LogP contribution in [0, 0.1) is 0 Å². The lowest BCUT2D eigenvalue weighted by Crippen LogP contribution is -2.19. The molecule has 1 rings (SSSR count). The fourth-order valence-corrected chi connectivity index (χ4v) is 1.42. The van der Waals surface area contributed by atoms with Gasteiger partial charge < -0.3 is 15.7 Å². The summed E-state index contributed by atoms with van der Waals surface area (Å²) in [6.45, 7) is 5.18. The molecule has 0 radical (unpaired) electrons. The molecular formula is C10H17BrN4O. The molecule has 6 heteroatoms. The summed E-state index contributed by atoms with van der Waals surface area (Å²) in [5, 5.41) is 15.6. The number of aliphatic hydroxyl groups is 1. The monoisotopic (exact) mass is 288 g/mol. The van der Waals surface area contributed by atoms with E-state index in [9.17, 15) is 5.11 Å². The molecule has 0 aromatic carbocycles. The Bertz CT molecular complexity index is 335. The molecule has 0 spiro atoms. The summed E-state index contributed by atoms with van der Waals surface area (Å²) in [5.41, 5.74) is 0. The predicted molar refractivity (Wildman–Crippen MR) is 68.7 cm³/mol. The van der Waals surface area contributed by atoms with Gasteiger partial charge in [-0.15, -0.1) is 0 Å². The van der Waals surface area contributed by atoms with Crippen LogP contribution in [-0.4, -0.2) is 34.3 Å². The van der Waals surface area contributed by atoms with E-state index in [0.29, 0.717) is 18.3 Å². The molecule has 1 unspecified atom stereocenters. The van der Waals surface area contributed by atoms with Crippen LogP contribution < -0.4 is 10.6 Å². The number of nitrogens with zero attached hydrogens (tertiary/aromatic N) is 2. The lowest BCUT2D eigenvalue weighted by molar-refractivity contribution is 0.183. The molecule has 5 nitrogen and oxygen atoms in total. The number of hydrogen-bond acceptors (Lipinski definition) is 5. The van der Waals surface area contributed by atoms with Gasteiger partial charge in [0, 0.05) is 19.3 Å². The van der Waals surface area contributed by atoms with Gasteiger partial charge in [0.05, 0.1) is 10.6 Å². The molecule has 16 heavy (non-hydrogen) atoms. The Morgan fingerprint density at radius 3 is 2.81 bits per heavy atom. The van der Waals surface area contributed by atoms with Crippen molar-refractivity contribution in [2.75, 3.05) is 23.7 Å². The zero-order valence-corrected chi connectivity index (χ0v) is 11.1. The molecule has 0 fully saturated rings. The van der Waals surface area contributed by atoms with Gasteiger partial charge in [-0.3, -0.25) is 0 Å². The Labute approximate surface area is 104 Å². The third kappa shape index (κ3) is 3.94. The van der Waals surface area contributed by atoms with Gasteiger partial charge in [-0.25, -0.2) is 4.98 Å². The largest absolute Gasteiger partial charge is 0.391 e. The minimum atomic E-state index is -0.357. The molecule has 1 atom stereocenters. The third-order valence-electron chi connectivity index (χ3n) is 2.06. The Morgan fingerprint density at radius 2 is 2.19 bits per heavy atom. The Balaban J connectivity index is 2.66. The van der Waals surface area contributed by atoms with Crippen molar-refractivity contribution in [3.63, 3.8) is 0 Å². The normalized spacial score (nSPS) is 12.2. The van der Waals surface area contributed by atoms with Crippen LogP contribution in [0.3, 0.4) is 0 Å². The second-order valence-electron chi connectivity index (χ2n) is 3.36. The Kier molecular flexibility index (Phi) is 5.48. The van der Waals surface area contributed by atoms with E-state index in [4.69, 9.17) is 0 Å². The number of rotatable bonds is 6. The first kappa shape index (κ1) is 13.2. The van der Waals surface area contributed by atoms with Gasteiger partial charge in [0.1, 0.15) is 5.82 Å². The summed E-state index contributed by atoms with van der Waals surface area (Å²) in [6, 6.07) is 0. The quantitative estimate of drug-likeness (QED) is 0.745. The average molecular weight is 289 g/mol. The summed E-state index contributed by atoms with van der Waals surface area (Å²) in [4.78, 5) is 8.38. The molecule has 1 aromatic rings. The number of halogens is 1. The summed E-state index contributed by atoms with van der Waals surface area (Å²) < 4.78 is 0.789. The van der Waals surface area contributed by atoms with Crippen LogP contribution >= 0.6 is 15.9 Å². The summed E-state index contributed by atoms with van der Waals surface area (Å²) in [7, 11) is 0. The van der Waals surface area contributed by atoms with Crippen LogP contribution in [0.5, 0.6) is 0 Å². The van der Waals surface area contributed by atoms with E-state index >= 15 is 0 Å². The lowest BCUT2D eigenvalue weighted by Gasteiger charge is -2.12. The van der Waals surface area contributed by atoms with Gasteiger partial charge in [0.2, 0.25) is 5.95 Å². The van der Waals surface area contributed by atoms with Crippen LogP contribution in [0.15, 0.2) is 10.7 Å². The zero-order valence-electron chi connectivity index (χ0n) is 9.50. The summed E-state index contributed by atoms with van der Waals surface area (Å²) in [5.74, 6) is 1.28. The highest BCUT2D eigenvalue weighted by molar-refractivity contribution is 9.10. The highest BCUT2D eigenvalue weighted by atomic mass is 79.9. The molecule has 3 N–H and O–H groups in total. The number of hydrogen-bond donors (Lipinski definition) is 3. The van der Waals surface area contributed by atoms with E-state index < -0.39 is 0 Å². The van der Waals surface area contributed by atoms with Crippen LogP contribution in [0.2, 0.25) is 0 Å². The highest BCUT2D eigenvalue weighted by Gasteiger charge is 2.06. The maximum absolute atomic E-state index is 9.45. The third-order valence-corrected chi connectivity index (χ3v) is 2.64. The molecule has 1 heterocycles. The van der Waals surface area contributed by atoms with E-state index in [0.717, 1.165) is 17.4 Å². The van der Waals surface area contributed by atoms with Crippen molar-refractivity contribution in [3.05, 3.63) is 10.7 Å². The van der Waals surface area contributed by atoms with Crippen molar-refractivity contribution < 1.29 is 5.11 Å². The molecule has 0 aliphatic heterocycles. The minimum Gasteiger partial charge on any atom is -0.391 e. The van der Waals surface area contributed by atoms with Crippen molar-refractivity contribution in [2.45, 2.75) is 26.4 Å². The topological polar surface area (TPSA) is 70.1 Å². The molecule has 0 bridgehead atoms. The molecule has 0 saturated heterocycles. The van der Waals surface area contributed by atoms with Gasteiger partial charge in [-0.05, 0) is 29.3 Å². The number of aliphatic hydroxyl groups excluding tert-OH is 1. The van der Waals surface area contributed by atoms with Crippen molar-refractivity contribution in [3.8, 4) is 0 Å². The average Bonchev–Trinajstić information content (AvgIpc) is 2.29. The molecule has 0 aliphatic carbocycles. The smallest absolute Gasteiger partial charge is 0.224 e. The van der Waals surface area contributed by atoms with Crippen LogP contribution in [0.1, 0.15) is 20.3 Å². The van der Waals surface area contributed by atoms with Crippen molar-refractivity contribution in [1.82, 2.24) is 9.97 Å². The van der Waals surface area contributed by atoms with Gasteiger partial charge in [-0.1, -0.05) is 6.92 Å². The van der Waals surface area contributed by atoms with Crippen molar-refractivity contribution >= 4 is 27.7 Å². The Hall–Kier alpha value is -0.880. The first-order valence-electron chi connectivity index (χ1n) is 5.35. The summed E-state index contributed by atoms with van der Waals surface area (Å²) in [6.07, 6.45) is 2.05. The van der Waals surface area contributed by atoms with Crippen LogP contribution in [0.25, 0.3) is 0 Å². The van der Waals surface area contributed by atoms with E-state index in [2.05, 4.69) is 36.5 Å². The molecule has 1 aromatic heterocycles. The number of anilines is 2. The van der Waals surface area contributed by atoms with Crippen LogP contribution in [-0.2, 0) is 0 Å². The SMILES string of the molecule is CCNc1ncc(Br)c(NCC(O)CC)n1. The zero-order chi connectivity index (χ0) is 12.0. The first-order valence-corrected chi connectivity index (χ1v) is 6.15. The van der Waals surface area contributed by atoms with Crippen LogP contribution in [0.4, 0.5) is 11.8 Å². The second-order valence-corrected chi connectivity index (χ2v) is 4.22. The van der Waals surface area contributed by atoms with Crippen molar-refractivity contribution in [1.29, 1.82) is 0 Å². The van der Waals surface area contributed by atoms with Crippen molar-refractivity contribution in [2.24, 2.45) is 0 Å². The summed E-state index contributed by atoms with van der Waals surface area (Å²) >= 11 is 3.36. The van der Waals surface area contributed by atoms with Gasteiger partial charge in [0.25, 0.3) is 0 Å². The van der Waals surface area contributed by atoms with E-state index in [1.54, 1.807) is 6.20 Å². The molecule has 0 saturated carbocycles. The number of aromatic nitrogens is 2.